The minimum Gasteiger partial charge on any atom is -0.610 e. The van der Waals surface area contributed by atoms with Crippen LogP contribution in [0.25, 0.3) is 5.84 Å². The van der Waals surface area contributed by atoms with Crippen molar-refractivity contribution >= 4 is 0 Å². The predicted molar refractivity (Wildman–Crippen MR) is 47.2 cm³/mol. The highest BCUT2D eigenvalue weighted by molar-refractivity contribution is 4.80. The number of nitrogens with one attached hydrogen (secondary N) is 2. The van der Waals surface area contributed by atoms with Gasteiger partial charge in [-0.1, -0.05) is 0 Å². The summed E-state index contributed by atoms with van der Waals surface area (Å²) in [6.45, 7) is 0. The second kappa shape index (κ2) is 4.04. The largest absolute Gasteiger partial charge is 0.610 e. The molecule has 0 aromatic carbocycles. The second-order valence-electron chi connectivity index (χ2n) is 3.41. The Labute approximate surface area is 68.9 Å². The molecule has 3 nitrogen and oxygen atoms in total. The molecule has 1 rings (SSSR count). The van der Waals surface area contributed by atoms with E-state index in [-0.39, 0.29) is 0 Å². The van der Waals surface area contributed by atoms with Crippen LogP contribution < -0.4 is 5.32 Å². The lowest BCUT2D eigenvalue weighted by molar-refractivity contribution is 0.229. The highest BCUT2D eigenvalue weighted by atomic mass is 15.4. The maximum Gasteiger partial charge on any atom is 0.00652 e. The Kier molecular flexibility index (Phi) is 3.30. The molecule has 0 spiro atoms. The monoisotopic (exact) mass is 156 g/mol. The van der Waals surface area contributed by atoms with E-state index in [1.54, 1.807) is 5.01 Å². The van der Waals surface area contributed by atoms with Crippen molar-refractivity contribution in [2.75, 3.05) is 14.1 Å². The molecule has 0 unspecified atom stereocenters. The van der Waals surface area contributed by atoms with Crippen LogP contribution in [0.1, 0.15) is 25.7 Å². The van der Waals surface area contributed by atoms with E-state index in [1.165, 1.54) is 25.7 Å². The lowest BCUT2D eigenvalue weighted by Crippen LogP contribution is -2.36. The number of nitrogens with zero attached hydrogens (tertiary/aromatic N) is 1. The lowest BCUT2D eigenvalue weighted by Gasteiger charge is -2.37. The van der Waals surface area contributed by atoms with E-state index in [0.717, 1.165) is 0 Å². The Balaban J connectivity index is 2.24. The molecule has 0 radical (unpaired) electrons. The van der Waals surface area contributed by atoms with Gasteiger partial charge in [-0.15, -0.1) is 0 Å². The maximum absolute atomic E-state index is 7.41. The van der Waals surface area contributed by atoms with E-state index in [0.29, 0.717) is 12.1 Å². The van der Waals surface area contributed by atoms with E-state index in [4.69, 9.17) is 5.84 Å². The molecule has 1 saturated carbocycles. The minimum atomic E-state index is 0.500. The summed E-state index contributed by atoms with van der Waals surface area (Å²) >= 11 is 0. The fourth-order valence-electron chi connectivity index (χ4n) is 1.75. The molecule has 0 aromatic heterocycles. The molecule has 0 bridgehead atoms. The first-order valence-electron chi connectivity index (χ1n) is 4.35. The quantitative estimate of drug-likeness (QED) is 0.614. The minimum absolute atomic E-state index is 0.500. The van der Waals surface area contributed by atoms with Gasteiger partial charge in [-0.25, -0.2) is 0 Å². The van der Waals surface area contributed by atoms with Crippen LogP contribution in [0.5, 0.6) is 0 Å². The first-order valence-corrected chi connectivity index (χ1v) is 4.35. The van der Waals surface area contributed by atoms with Crippen molar-refractivity contribution in [3.05, 3.63) is 5.84 Å². The standard InChI is InChI=1S/C8H18N3/c1-10-7-3-5-8(6-4-7)11(2)9/h7-10H,3-6H2,1-2H3/q-1. The fraction of sp³-hybridized carbons (Fsp3) is 1.00. The molecule has 1 aliphatic rings. The van der Waals surface area contributed by atoms with E-state index in [9.17, 15) is 0 Å². The molecule has 0 aromatic rings. The summed E-state index contributed by atoms with van der Waals surface area (Å²) in [5, 5.41) is 4.89. The van der Waals surface area contributed by atoms with Crippen LogP contribution in [0.15, 0.2) is 0 Å². The molecule has 0 heterocycles. The van der Waals surface area contributed by atoms with Gasteiger partial charge in [0.1, 0.15) is 0 Å². The Morgan fingerprint density at radius 1 is 1.27 bits per heavy atom. The summed E-state index contributed by atoms with van der Waals surface area (Å²) in [5.74, 6) is 7.41. The van der Waals surface area contributed by atoms with Crippen LogP contribution in [0.4, 0.5) is 0 Å². The Hall–Kier alpha value is -0.120. The maximum atomic E-state index is 7.41. The van der Waals surface area contributed by atoms with Crippen LogP contribution in [0.2, 0.25) is 0 Å². The van der Waals surface area contributed by atoms with Gasteiger partial charge in [-0.3, -0.25) is 0 Å². The van der Waals surface area contributed by atoms with E-state index < -0.39 is 0 Å². The van der Waals surface area contributed by atoms with Crippen molar-refractivity contribution in [2.45, 2.75) is 37.8 Å². The van der Waals surface area contributed by atoms with Gasteiger partial charge in [0.15, 0.2) is 0 Å². The van der Waals surface area contributed by atoms with Gasteiger partial charge in [-0.05, 0) is 45.8 Å². The summed E-state index contributed by atoms with van der Waals surface area (Å²) in [6, 6.07) is 1.20. The first kappa shape index (κ1) is 8.97. The van der Waals surface area contributed by atoms with Crippen molar-refractivity contribution in [1.82, 2.24) is 10.3 Å². The van der Waals surface area contributed by atoms with Crippen LogP contribution in [-0.4, -0.2) is 31.2 Å². The number of hydrogen-bond acceptors (Lipinski definition) is 2. The Morgan fingerprint density at radius 3 is 2.18 bits per heavy atom. The number of rotatable bonds is 2. The zero-order chi connectivity index (χ0) is 8.27. The van der Waals surface area contributed by atoms with Crippen molar-refractivity contribution < 1.29 is 0 Å². The molecule has 1 aliphatic carbocycles. The summed E-state index contributed by atoms with van der Waals surface area (Å²) in [6.07, 6.45) is 4.80. The van der Waals surface area contributed by atoms with Crippen molar-refractivity contribution in [1.29, 1.82) is 0 Å². The number of hydrogen-bond donors (Lipinski definition) is 1. The summed E-state index contributed by atoms with van der Waals surface area (Å²) in [7, 11) is 3.87. The van der Waals surface area contributed by atoms with Gasteiger partial charge in [0.05, 0.1) is 0 Å². The zero-order valence-electron chi connectivity index (χ0n) is 7.43. The topological polar surface area (TPSA) is 39.1 Å². The van der Waals surface area contributed by atoms with E-state index >= 15 is 0 Å². The third kappa shape index (κ3) is 2.43. The van der Waals surface area contributed by atoms with Gasteiger partial charge in [0, 0.05) is 6.04 Å². The SMILES string of the molecule is CNC1CCC(N(C)[NH-])CC1. The summed E-state index contributed by atoms with van der Waals surface area (Å²) in [5.41, 5.74) is 0. The van der Waals surface area contributed by atoms with Crippen LogP contribution in [0.3, 0.4) is 0 Å². The highest BCUT2D eigenvalue weighted by Gasteiger charge is 2.18. The molecular weight excluding hydrogens is 138 g/mol. The zero-order valence-corrected chi connectivity index (χ0v) is 7.43. The third-order valence-corrected chi connectivity index (χ3v) is 2.65. The van der Waals surface area contributed by atoms with Gasteiger partial charge < -0.3 is 16.2 Å². The van der Waals surface area contributed by atoms with Crippen molar-refractivity contribution in [2.24, 2.45) is 0 Å². The second-order valence-corrected chi connectivity index (χ2v) is 3.41. The average molecular weight is 156 g/mol. The fourth-order valence-corrected chi connectivity index (χ4v) is 1.75. The molecule has 3 heteroatoms. The van der Waals surface area contributed by atoms with Crippen molar-refractivity contribution in [3.63, 3.8) is 0 Å². The molecule has 0 aliphatic heterocycles. The molecule has 0 saturated heterocycles. The van der Waals surface area contributed by atoms with Crippen LogP contribution in [0, 0.1) is 0 Å². The lowest BCUT2D eigenvalue weighted by atomic mass is 9.91. The summed E-state index contributed by atoms with van der Waals surface area (Å²) < 4.78 is 0. The van der Waals surface area contributed by atoms with Crippen LogP contribution >= 0.6 is 0 Å². The normalized spacial score (nSPS) is 32.7. The first-order chi connectivity index (χ1) is 5.24. The average Bonchev–Trinajstić information content (AvgIpc) is 2.05. The van der Waals surface area contributed by atoms with Crippen LogP contribution in [-0.2, 0) is 0 Å². The highest BCUT2D eigenvalue weighted by Crippen LogP contribution is 2.21. The Bertz CT molecular complexity index is 106. The van der Waals surface area contributed by atoms with Gasteiger partial charge in [0.25, 0.3) is 0 Å². The summed E-state index contributed by atoms with van der Waals surface area (Å²) in [4.78, 5) is 0. The smallest absolute Gasteiger partial charge is 0.00652 e. The van der Waals surface area contributed by atoms with E-state index in [1.807, 2.05) is 14.1 Å². The predicted octanol–water partition coefficient (Wildman–Crippen LogP) is 1.42. The van der Waals surface area contributed by atoms with Crippen molar-refractivity contribution in [3.8, 4) is 0 Å². The Morgan fingerprint density at radius 2 is 1.82 bits per heavy atom. The molecule has 0 atom stereocenters. The molecule has 11 heavy (non-hydrogen) atoms. The molecule has 66 valence electrons. The molecule has 0 amide bonds. The molecule has 1 fully saturated rings. The van der Waals surface area contributed by atoms with Gasteiger partial charge >= 0.3 is 0 Å². The molecule has 2 N–H and O–H groups in total. The van der Waals surface area contributed by atoms with E-state index in [2.05, 4.69) is 5.32 Å². The molecular formula is C8H18N3-. The third-order valence-electron chi connectivity index (χ3n) is 2.65. The van der Waals surface area contributed by atoms with Gasteiger partial charge in [-0.2, -0.15) is 0 Å². The van der Waals surface area contributed by atoms with Gasteiger partial charge in [0.2, 0.25) is 0 Å².